The lowest BCUT2D eigenvalue weighted by Gasteiger charge is -2.00. The van der Waals surface area contributed by atoms with E-state index in [0.717, 1.165) is 13.8 Å². The lowest BCUT2D eigenvalue weighted by molar-refractivity contribution is -0.135. The first kappa shape index (κ1) is 18.6. The van der Waals surface area contributed by atoms with E-state index in [0.29, 0.717) is 0 Å². The van der Waals surface area contributed by atoms with Crippen LogP contribution in [0.3, 0.4) is 0 Å². The number of aliphatic carboxylic acids is 2. The van der Waals surface area contributed by atoms with Crippen LogP contribution in [-0.2, 0) is 9.59 Å². The molecule has 0 aromatic rings. The maximum atomic E-state index is 9.00. The Morgan fingerprint density at radius 2 is 1.21 bits per heavy atom. The first-order valence-electron chi connectivity index (χ1n) is 3.50. The summed E-state index contributed by atoms with van der Waals surface area (Å²) in [5, 5.41) is 14.8. The first-order valence-corrected chi connectivity index (χ1v) is 5.97. The van der Waals surface area contributed by atoms with E-state index in [4.69, 9.17) is 29.4 Å². The highest BCUT2D eigenvalue weighted by molar-refractivity contribution is 6.68. The van der Waals surface area contributed by atoms with Gasteiger partial charge in [-0.05, 0) is 6.55 Å². The molecule has 0 spiro atoms. The second-order valence-corrected chi connectivity index (χ2v) is 4.93. The molecule has 0 unspecified atom stereocenters. The van der Waals surface area contributed by atoms with E-state index < -0.39 is 20.5 Å². The number of hydrogen-bond acceptors (Lipinski definition) is 4. The Labute approximate surface area is 83.4 Å². The van der Waals surface area contributed by atoms with Crippen molar-refractivity contribution in [2.45, 2.75) is 20.4 Å². The average molecular weight is 224 g/mol. The van der Waals surface area contributed by atoms with Gasteiger partial charge < -0.3 is 19.8 Å². The molecule has 0 aromatic carbocycles. The lowest BCUT2D eigenvalue weighted by Crippen LogP contribution is -2.25. The van der Waals surface area contributed by atoms with Gasteiger partial charge in [0.2, 0.25) is 0 Å². The van der Waals surface area contributed by atoms with Crippen molar-refractivity contribution >= 4 is 20.5 Å². The average Bonchev–Trinajstić information content (AvgIpc) is 1.83. The van der Waals surface area contributed by atoms with Gasteiger partial charge in [0.25, 0.3) is 11.9 Å². The van der Waals surface area contributed by atoms with Crippen molar-refractivity contribution < 1.29 is 29.4 Å². The normalized spacial score (nSPS) is 8.36. The fourth-order valence-electron chi connectivity index (χ4n) is 0. The molecular formula is C7H16O6Si. The van der Waals surface area contributed by atoms with Crippen LogP contribution in [0, 0.1) is 0 Å². The van der Waals surface area contributed by atoms with E-state index in [1.54, 1.807) is 0 Å². The molecule has 4 N–H and O–H groups in total. The Kier molecular flexibility index (Phi) is 13.1. The molecule has 0 heterocycles. The Balaban J connectivity index is -0.000000135. The quantitative estimate of drug-likeness (QED) is 0.464. The highest BCUT2D eigenvalue weighted by atomic mass is 28.4. The zero-order valence-corrected chi connectivity index (χ0v) is 9.39. The summed E-state index contributed by atoms with van der Waals surface area (Å²) >= 11 is 0. The van der Waals surface area contributed by atoms with E-state index in [9.17, 15) is 0 Å². The predicted molar refractivity (Wildman–Crippen MR) is 52.9 cm³/mol. The largest absolute Gasteiger partial charge is 0.481 e. The van der Waals surface area contributed by atoms with Gasteiger partial charge in [-0.3, -0.25) is 9.59 Å². The fourth-order valence-corrected chi connectivity index (χ4v) is 0. The second kappa shape index (κ2) is 9.90. The number of hydrogen-bond donors (Lipinski definition) is 4. The van der Waals surface area contributed by atoms with Crippen LogP contribution in [0.5, 0.6) is 0 Å². The van der Waals surface area contributed by atoms with E-state index >= 15 is 0 Å². The van der Waals surface area contributed by atoms with E-state index in [1.807, 2.05) is 0 Å². The van der Waals surface area contributed by atoms with E-state index in [1.165, 1.54) is 12.2 Å². The van der Waals surface area contributed by atoms with Crippen LogP contribution in [0.4, 0.5) is 0 Å². The molecule has 0 saturated heterocycles. The third-order valence-electron chi connectivity index (χ3n) is 0.387. The maximum Gasteiger partial charge on any atom is 0.355 e. The third-order valence-corrected chi connectivity index (χ3v) is 1.16. The van der Waals surface area contributed by atoms with Gasteiger partial charge in [-0.25, -0.2) is 0 Å². The van der Waals surface area contributed by atoms with E-state index in [2.05, 4.69) is 6.58 Å². The molecule has 0 aliphatic rings. The minimum Gasteiger partial charge on any atom is -0.481 e. The van der Waals surface area contributed by atoms with Gasteiger partial charge in [0.1, 0.15) is 0 Å². The zero-order valence-electron chi connectivity index (χ0n) is 8.39. The molecular weight excluding hydrogens is 208 g/mol. The molecule has 84 valence electrons. The highest BCUT2D eigenvalue weighted by Crippen LogP contribution is 1.86. The van der Waals surface area contributed by atoms with Gasteiger partial charge >= 0.3 is 8.56 Å². The number of carboxylic acid groups (broad SMARTS) is 2. The van der Waals surface area contributed by atoms with Gasteiger partial charge in [-0.1, -0.05) is 5.70 Å². The molecule has 7 heteroatoms. The summed E-state index contributed by atoms with van der Waals surface area (Å²) < 4.78 is 0. The predicted octanol–water partition coefficient (Wildman–Crippen LogP) is -0.0500. The highest BCUT2D eigenvalue weighted by Gasteiger charge is 2.13. The van der Waals surface area contributed by atoms with Crippen LogP contribution in [0.25, 0.3) is 0 Å². The van der Waals surface area contributed by atoms with Crippen LogP contribution in [0.1, 0.15) is 13.8 Å². The first-order chi connectivity index (χ1) is 6.02. The minimum atomic E-state index is -2.87. The molecule has 0 saturated carbocycles. The molecule has 0 atom stereocenters. The van der Waals surface area contributed by atoms with E-state index in [-0.39, 0.29) is 0 Å². The number of carbonyl (C=O) groups is 2. The van der Waals surface area contributed by atoms with Crippen molar-refractivity contribution in [2.24, 2.45) is 0 Å². The summed E-state index contributed by atoms with van der Waals surface area (Å²) in [5.41, 5.74) is 1.19. The van der Waals surface area contributed by atoms with Gasteiger partial charge in [0, 0.05) is 13.8 Å². The van der Waals surface area contributed by atoms with Crippen LogP contribution < -0.4 is 0 Å². The Bertz CT molecular complexity index is 163. The summed E-state index contributed by atoms with van der Waals surface area (Å²) in [6.07, 6.45) is 0. The molecule has 0 aromatic heterocycles. The Morgan fingerprint density at radius 3 is 1.21 bits per heavy atom. The molecule has 0 aliphatic carbocycles. The monoisotopic (exact) mass is 224 g/mol. The van der Waals surface area contributed by atoms with Gasteiger partial charge in [0.15, 0.2) is 0 Å². The second-order valence-electron chi connectivity index (χ2n) is 2.34. The van der Waals surface area contributed by atoms with Crippen molar-refractivity contribution in [1.82, 2.24) is 0 Å². The molecule has 0 aliphatic heterocycles. The molecule has 0 amide bonds. The summed E-state index contributed by atoms with van der Waals surface area (Å²) in [5.74, 6) is -1.67. The fraction of sp³-hybridized carbons (Fsp3) is 0.429. The molecule has 6 nitrogen and oxygen atoms in total. The van der Waals surface area contributed by atoms with Crippen molar-refractivity contribution in [3.05, 3.63) is 12.3 Å². The summed E-state index contributed by atoms with van der Waals surface area (Å²) in [4.78, 5) is 34.8. The molecule has 0 rings (SSSR count). The molecule has 0 fully saturated rings. The van der Waals surface area contributed by atoms with Gasteiger partial charge in [-0.15, -0.1) is 6.58 Å². The third kappa shape index (κ3) is 316. The smallest absolute Gasteiger partial charge is 0.355 e. The van der Waals surface area contributed by atoms with Crippen molar-refractivity contribution in [3.8, 4) is 0 Å². The topological polar surface area (TPSA) is 115 Å². The standard InChI is InChI=1S/C3H8O2Si.2C2H4O2/c1-3-6(2,4)5;2*1-2(3)4/h3-5H,1H2,2H3;2*1H3,(H,3,4). The van der Waals surface area contributed by atoms with Crippen molar-refractivity contribution in [3.63, 3.8) is 0 Å². The maximum absolute atomic E-state index is 9.00. The summed E-state index contributed by atoms with van der Waals surface area (Å²) in [6.45, 7) is 6.74. The number of rotatable bonds is 1. The van der Waals surface area contributed by atoms with Gasteiger partial charge in [0.05, 0.1) is 0 Å². The van der Waals surface area contributed by atoms with Crippen LogP contribution in [0.2, 0.25) is 6.55 Å². The van der Waals surface area contributed by atoms with Crippen LogP contribution in [0.15, 0.2) is 12.3 Å². The zero-order chi connectivity index (χ0) is 12.4. The molecule has 0 radical (unpaired) electrons. The Morgan fingerprint density at radius 1 is 1.14 bits per heavy atom. The summed E-state index contributed by atoms with van der Waals surface area (Å²) in [7, 11) is -2.87. The minimum absolute atomic E-state index is 0.833. The van der Waals surface area contributed by atoms with Crippen LogP contribution >= 0.6 is 0 Å². The van der Waals surface area contributed by atoms with Gasteiger partial charge in [-0.2, -0.15) is 0 Å². The Hall–Kier alpha value is -1.18. The SMILES string of the molecule is C=C[Si](C)(O)O.CC(=O)O.CC(=O)O. The summed E-state index contributed by atoms with van der Waals surface area (Å²) in [6, 6.07) is 0. The molecule has 0 bridgehead atoms. The van der Waals surface area contributed by atoms with Crippen LogP contribution in [-0.4, -0.2) is 40.3 Å². The molecule has 14 heavy (non-hydrogen) atoms. The van der Waals surface area contributed by atoms with Crippen molar-refractivity contribution in [2.75, 3.05) is 0 Å². The lowest BCUT2D eigenvalue weighted by atomic mass is 10.9. The number of carboxylic acids is 2. The van der Waals surface area contributed by atoms with Crippen molar-refractivity contribution in [1.29, 1.82) is 0 Å².